The minimum absolute atomic E-state index is 0.0415. The summed E-state index contributed by atoms with van der Waals surface area (Å²) in [5.74, 6) is 2.22. The van der Waals surface area contributed by atoms with Crippen LogP contribution in [0.5, 0.6) is 0 Å². The minimum Gasteiger partial charge on any atom is -0.392 e. The van der Waals surface area contributed by atoms with Gasteiger partial charge in [0.15, 0.2) is 24.0 Å². The van der Waals surface area contributed by atoms with E-state index >= 15 is 0 Å². The Balaban J connectivity index is 2.05. The molecule has 110 valence electrons. The first-order chi connectivity index (χ1) is 10.0. The van der Waals surface area contributed by atoms with Crippen LogP contribution in [0.1, 0.15) is 12.6 Å². The third-order valence-corrected chi connectivity index (χ3v) is 3.58. The highest BCUT2D eigenvalue weighted by atomic mass is 19.1. The molecule has 8 nitrogen and oxygen atoms in total. The molecule has 1 saturated heterocycles. The zero-order valence-corrected chi connectivity index (χ0v) is 10.8. The lowest BCUT2D eigenvalue weighted by molar-refractivity contribution is -0.739. The number of nitrogen functional groups attached to an aromatic ring is 1. The molecule has 2 aromatic rings. The maximum atomic E-state index is 13.3. The van der Waals surface area contributed by atoms with Crippen molar-refractivity contribution in [2.24, 2.45) is 0 Å². The molecule has 1 aliphatic rings. The number of hydrogen-bond donors (Lipinski definition) is 4. The predicted molar refractivity (Wildman–Crippen MR) is 67.8 cm³/mol. The Labute approximate surface area is 118 Å². The third-order valence-electron chi connectivity index (χ3n) is 3.58. The summed E-state index contributed by atoms with van der Waals surface area (Å²) in [6.07, 6.45) is 4.17. The van der Waals surface area contributed by atoms with Crippen molar-refractivity contribution in [1.82, 2.24) is 15.0 Å². The maximum absolute atomic E-state index is 13.3. The van der Waals surface area contributed by atoms with Crippen LogP contribution in [0.2, 0.25) is 0 Å². The molecular formula is C12H13FN5O3+. The van der Waals surface area contributed by atoms with Crippen molar-refractivity contribution in [1.29, 1.82) is 0 Å². The van der Waals surface area contributed by atoms with Gasteiger partial charge in [-0.15, -0.1) is 10.8 Å². The molecule has 3 atom stereocenters. The van der Waals surface area contributed by atoms with Crippen LogP contribution in [-0.4, -0.2) is 43.5 Å². The van der Waals surface area contributed by atoms with Gasteiger partial charge in [0.25, 0.3) is 0 Å². The van der Waals surface area contributed by atoms with Crippen LogP contribution < -0.4 is 10.3 Å². The molecule has 0 amide bonds. The second-order valence-electron chi connectivity index (χ2n) is 4.77. The Kier molecular flexibility index (Phi) is 3.02. The number of aliphatic hydroxyl groups excluding tert-OH is 2. The summed E-state index contributed by atoms with van der Waals surface area (Å²) in [7, 11) is 0. The SMILES string of the molecule is C#CC1(CO)OC([n+]2c[nH]c3c(N)nc(F)nc32)CC1O. The number of ether oxygens (including phenoxy) is 1. The topological polar surface area (TPSA) is 121 Å². The fourth-order valence-corrected chi connectivity index (χ4v) is 2.42. The highest BCUT2D eigenvalue weighted by Crippen LogP contribution is 2.34. The van der Waals surface area contributed by atoms with E-state index in [9.17, 15) is 14.6 Å². The van der Waals surface area contributed by atoms with Gasteiger partial charge in [-0.25, -0.2) is 4.57 Å². The van der Waals surface area contributed by atoms with E-state index in [4.69, 9.17) is 16.9 Å². The van der Waals surface area contributed by atoms with Crippen LogP contribution >= 0.6 is 0 Å². The molecule has 3 heterocycles. The Bertz CT molecular complexity index is 742. The monoisotopic (exact) mass is 294 g/mol. The van der Waals surface area contributed by atoms with E-state index < -0.39 is 30.6 Å². The van der Waals surface area contributed by atoms with Gasteiger partial charge in [-0.2, -0.15) is 4.98 Å². The van der Waals surface area contributed by atoms with Gasteiger partial charge in [-0.1, -0.05) is 5.92 Å². The molecular weight excluding hydrogens is 281 g/mol. The Morgan fingerprint density at radius 2 is 2.43 bits per heavy atom. The molecule has 9 heteroatoms. The number of halogens is 1. The van der Waals surface area contributed by atoms with Crippen LogP contribution in [0.4, 0.5) is 10.2 Å². The van der Waals surface area contributed by atoms with Crippen molar-refractivity contribution in [3.05, 3.63) is 12.4 Å². The van der Waals surface area contributed by atoms with E-state index in [1.165, 1.54) is 10.9 Å². The molecule has 0 radical (unpaired) electrons. The summed E-state index contributed by atoms with van der Waals surface area (Å²) >= 11 is 0. The predicted octanol–water partition coefficient (Wildman–Crippen LogP) is -1.39. The normalized spacial score (nSPS) is 28.9. The van der Waals surface area contributed by atoms with Gasteiger partial charge in [-0.05, 0) is 4.98 Å². The summed E-state index contributed by atoms with van der Waals surface area (Å²) in [5, 5.41) is 19.4. The molecule has 3 rings (SSSR count). The quantitative estimate of drug-likeness (QED) is 0.307. The molecule has 0 bridgehead atoms. The number of rotatable bonds is 2. The van der Waals surface area contributed by atoms with Gasteiger partial charge >= 0.3 is 11.7 Å². The van der Waals surface area contributed by atoms with Gasteiger partial charge < -0.3 is 20.7 Å². The van der Waals surface area contributed by atoms with E-state index in [2.05, 4.69) is 20.9 Å². The summed E-state index contributed by atoms with van der Waals surface area (Å²) in [5.41, 5.74) is 4.64. The van der Waals surface area contributed by atoms with Crippen molar-refractivity contribution in [3.8, 4) is 12.3 Å². The van der Waals surface area contributed by atoms with Crippen LogP contribution in [0.15, 0.2) is 6.33 Å². The molecule has 0 spiro atoms. The van der Waals surface area contributed by atoms with Crippen LogP contribution in [0.25, 0.3) is 11.2 Å². The summed E-state index contributed by atoms with van der Waals surface area (Å²) in [4.78, 5) is 9.88. The number of aromatic amines is 1. The van der Waals surface area contributed by atoms with Crippen molar-refractivity contribution < 1.29 is 23.9 Å². The molecule has 0 aromatic carbocycles. The number of anilines is 1. The average Bonchev–Trinajstić information content (AvgIpc) is 3.00. The number of nitrogens with zero attached hydrogens (tertiary/aromatic N) is 3. The zero-order valence-electron chi connectivity index (χ0n) is 10.8. The molecule has 3 unspecified atom stereocenters. The zero-order chi connectivity index (χ0) is 15.2. The molecule has 0 saturated carbocycles. The van der Waals surface area contributed by atoms with Crippen molar-refractivity contribution >= 4 is 17.0 Å². The smallest absolute Gasteiger partial charge is 0.386 e. The van der Waals surface area contributed by atoms with Gasteiger partial charge in [0.05, 0.1) is 6.61 Å². The summed E-state index contributed by atoms with van der Waals surface area (Å²) in [6, 6.07) is 0. The second-order valence-corrected chi connectivity index (χ2v) is 4.77. The minimum atomic E-state index is -1.49. The largest absolute Gasteiger partial charge is 0.392 e. The number of fused-ring (bicyclic) bond motifs is 1. The first-order valence-corrected chi connectivity index (χ1v) is 6.16. The number of aromatic nitrogens is 4. The van der Waals surface area contributed by atoms with Crippen molar-refractivity contribution in [2.45, 2.75) is 24.4 Å². The highest BCUT2D eigenvalue weighted by molar-refractivity contribution is 5.78. The fraction of sp³-hybridized carbons (Fsp3) is 0.417. The van der Waals surface area contributed by atoms with E-state index in [-0.39, 0.29) is 17.9 Å². The summed E-state index contributed by atoms with van der Waals surface area (Å²) < 4.78 is 20.3. The van der Waals surface area contributed by atoms with Gasteiger partial charge in [0.2, 0.25) is 5.52 Å². The Morgan fingerprint density at radius 1 is 1.67 bits per heavy atom. The lowest BCUT2D eigenvalue weighted by atomic mass is 9.99. The van der Waals surface area contributed by atoms with Crippen LogP contribution in [0.3, 0.4) is 0 Å². The van der Waals surface area contributed by atoms with Crippen molar-refractivity contribution in [2.75, 3.05) is 12.3 Å². The van der Waals surface area contributed by atoms with Gasteiger partial charge in [-0.3, -0.25) is 4.98 Å². The number of terminal acetylenes is 1. The standard InChI is InChI=1S/C12H12FN5O3/c1-2-12(4-19)6(20)3-7(21-12)18-5-15-8-9(14)16-11(13)17-10(8)18/h1,5-7,19-20H,3-4H2,(H2,14,16,17)/p+1. The lowest BCUT2D eigenvalue weighted by Crippen LogP contribution is -2.43. The average molecular weight is 294 g/mol. The molecule has 0 aliphatic carbocycles. The van der Waals surface area contributed by atoms with Gasteiger partial charge in [0, 0.05) is 6.42 Å². The van der Waals surface area contributed by atoms with E-state index in [1.807, 2.05) is 0 Å². The van der Waals surface area contributed by atoms with E-state index in [0.29, 0.717) is 5.52 Å². The number of aliphatic hydroxyl groups is 2. The van der Waals surface area contributed by atoms with Crippen LogP contribution in [-0.2, 0) is 4.74 Å². The number of H-pyrrole nitrogens is 1. The number of nitrogens with two attached hydrogens (primary N) is 1. The third kappa shape index (κ3) is 1.92. The molecule has 1 aliphatic heterocycles. The number of hydrogen-bond acceptors (Lipinski definition) is 6. The van der Waals surface area contributed by atoms with E-state index in [1.54, 1.807) is 0 Å². The Hall–Kier alpha value is -2.28. The summed E-state index contributed by atoms with van der Waals surface area (Å²) in [6.45, 7) is -0.532. The van der Waals surface area contributed by atoms with E-state index in [0.717, 1.165) is 0 Å². The first kappa shape index (κ1) is 13.7. The first-order valence-electron chi connectivity index (χ1n) is 6.16. The maximum Gasteiger partial charge on any atom is 0.386 e. The molecule has 1 fully saturated rings. The molecule has 2 aromatic heterocycles. The molecule has 5 N–H and O–H groups in total. The highest BCUT2D eigenvalue weighted by Gasteiger charge is 2.49. The fourth-order valence-electron chi connectivity index (χ4n) is 2.42. The van der Waals surface area contributed by atoms with Crippen molar-refractivity contribution in [3.63, 3.8) is 0 Å². The number of imidazole rings is 1. The lowest BCUT2D eigenvalue weighted by Gasteiger charge is -2.22. The Morgan fingerprint density at radius 3 is 3.05 bits per heavy atom. The second kappa shape index (κ2) is 4.63. The van der Waals surface area contributed by atoms with Gasteiger partial charge in [0.1, 0.15) is 6.10 Å². The number of nitrogens with one attached hydrogen (secondary N) is 1. The van der Waals surface area contributed by atoms with Crippen LogP contribution in [0, 0.1) is 18.4 Å². The molecule has 21 heavy (non-hydrogen) atoms.